The highest BCUT2D eigenvalue weighted by atomic mass is 16.5. The van der Waals surface area contributed by atoms with E-state index in [1.54, 1.807) is 11.8 Å². The van der Waals surface area contributed by atoms with Crippen molar-refractivity contribution in [3.63, 3.8) is 0 Å². The molecule has 1 N–H and O–H groups in total. The summed E-state index contributed by atoms with van der Waals surface area (Å²) >= 11 is 0. The highest BCUT2D eigenvalue weighted by Crippen LogP contribution is 2.22. The Balaban J connectivity index is 1.51. The van der Waals surface area contributed by atoms with Crippen LogP contribution in [-0.4, -0.2) is 54.2 Å². The maximum absolute atomic E-state index is 12.5. The molecule has 2 aliphatic heterocycles. The fraction of sp³-hybridized carbons (Fsp3) is 0.706. The number of aryl methyl sites for hydroxylation is 1. The minimum Gasteiger partial charge on any atom is -0.379 e. The van der Waals surface area contributed by atoms with E-state index >= 15 is 0 Å². The first-order chi connectivity index (χ1) is 11.5. The Bertz CT molecular complexity index is 592. The zero-order chi connectivity index (χ0) is 17.1. The first kappa shape index (κ1) is 17.0. The SMILES string of the molecule is CC(=O)N1CCC(C(=O)N[C@@H]2COC[C@@H]2Cc2cc(C)no2)CC1. The molecule has 3 heterocycles. The molecule has 2 aliphatic rings. The van der Waals surface area contributed by atoms with Crippen LogP contribution in [0.1, 0.15) is 31.2 Å². The topological polar surface area (TPSA) is 84.7 Å². The van der Waals surface area contributed by atoms with Gasteiger partial charge >= 0.3 is 0 Å². The van der Waals surface area contributed by atoms with Gasteiger partial charge in [-0.3, -0.25) is 9.59 Å². The number of likely N-dealkylation sites (tertiary alicyclic amines) is 1. The van der Waals surface area contributed by atoms with Gasteiger partial charge in [-0.1, -0.05) is 5.16 Å². The van der Waals surface area contributed by atoms with Crippen LogP contribution >= 0.6 is 0 Å². The van der Waals surface area contributed by atoms with E-state index in [9.17, 15) is 9.59 Å². The Labute approximate surface area is 141 Å². The lowest BCUT2D eigenvalue weighted by Crippen LogP contribution is -2.47. The van der Waals surface area contributed by atoms with Crippen LogP contribution < -0.4 is 5.32 Å². The van der Waals surface area contributed by atoms with E-state index in [2.05, 4.69) is 10.5 Å². The van der Waals surface area contributed by atoms with Gasteiger partial charge in [-0.2, -0.15) is 0 Å². The summed E-state index contributed by atoms with van der Waals surface area (Å²) in [5.41, 5.74) is 0.863. The molecule has 2 saturated heterocycles. The molecule has 0 aliphatic carbocycles. The molecule has 0 aromatic carbocycles. The third kappa shape index (κ3) is 3.95. The molecule has 0 unspecified atom stereocenters. The molecule has 0 spiro atoms. The second-order valence-corrected chi connectivity index (χ2v) is 6.83. The van der Waals surface area contributed by atoms with E-state index < -0.39 is 0 Å². The molecule has 0 bridgehead atoms. The van der Waals surface area contributed by atoms with Crippen molar-refractivity contribution in [1.82, 2.24) is 15.4 Å². The number of ether oxygens (including phenoxy) is 1. The van der Waals surface area contributed by atoms with Crippen LogP contribution in [0, 0.1) is 18.8 Å². The van der Waals surface area contributed by atoms with E-state index in [0.717, 1.165) is 24.3 Å². The predicted octanol–water partition coefficient (Wildman–Crippen LogP) is 0.915. The monoisotopic (exact) mass is 335 g/mol. The van der Waals surface area contributed by atoms with Crippen molar-refractivity contribution in [2.75, 3.05) is 26.3 Å². The van der Waals surface area contributed by atoms with Crippen LogP contribution in [0.2, 0.25) is 0 Å². The Morgan fingerprint density at radius 1 is 1.33 bits per heavy atom. The Morgan fingerprint density at radius 2 is 2.08 bits per heavy atom. The number of carbonyl (C=O) groups is 2. The molecule has 3 rings (SSSR count). The molecule has 0 saturated carbocycles. The first-order valence-electron chi connectivity index (χ1n) is 8.58. The van der Waals surface area contributed by atoms with Crippen molar-refractivity contribution in [1.29, 1.82) is 0 Å². The van der Waals surface area contributed by atoms with Crippen molar-refractivity contribution in [3.8, 4) is 0 Å². The summed E-state index contributed by atoms with van der Waals surface area (Å²) in [6, 6.07) is 1.93. The van der Waals surface area contributed by atoms with Gasteiger partial charge in [0.25, 0.3) is 0 Å². The van der Waals surface area contributed by atoms with E-state index in [0.29, 0.717) is 32.7 Å². The number of carbonyl (C=O) groups excluding carboxylic acids is 2. The summed E-state index contributed by atoms with van der Waals surface area (Å²) in [5.74, 6) is 1.18. The summed E-state index contributed by atoms with van der Waals surface area (Å²) < 4.78 is 10.8. The number of nitrogens with one attached hydrogen (secondary N) is 1. The average Bonchev–Trinajstić information content (AvgIpc) is 3.17. The number of amides is 2. The van der Waals surface area contributed by atoms with Crippen LogP contribution in [0.3, 0.4) is 0 Å². The standard InChI is InChI=1S/C17H25N3O4/c1-11-7-15(24-19-11)8-14-9-23-10-16(14)18-17(22)13-3-5-20(6-4-13)12(2)21/h7,13-14,16H,3-6,8-10H2,1-2H3,(H,18,22)/t14-,16+/m0/s1. The molecule has 0 radical (unpaired) electrons. The molecular weight excluding hydrogens is 310 g/mol. The number of rotatable bonds is 4. The molecule has 7 nitrogen and oxygen atoms in total. The van der Waals surface area contributed by atoms with Gasteiger partial charge in [-0.25, -0.2) is 0 Å². The van der Waals surface area contributed by atoms with E-state index in [-0.39, 0.29) is 29.7 Å². The normalized spacial score (nSPS) is 25.0. The van der Waals surface area contributed by atoms with Crippen molar-refractivity contribution in [2.24, 2.45) is 11.8 Å². The molecule has 2 fully saturated rings. The highest BCUT2D eigenvalue weighted by molar-refractivity contribution is 5.80. The van der Waals surface area contributed by atoms with Crippen LogP contribution in [-0.2, 0) is 20.7 Å². The Kier molecular flexibility index (Phi) is 5.18. The van der Waals surface area contributed by atoms with Gasteiger partial charge < -0.3 is 19.5 Å². The van der Waals surface area contributed by atoms with Gasteiger partial charge in [0.2, 0.25) is 11.8 Å². The van der Waals surface area contributed by atoms with Crippen LogP contribution in [0.25, 0.3) is 0 Å². The largest absolute Gasteiger partial charge is 0.379 e. The van der Waals surface area contributed by atoms with Crippen molar-refractivity contribution in [3.05, 3.63) is 17.5 Å². The average molecular weight is 335 g/mol. The second-order valence-electron chi connectivity index (χ2n) is 6.83. The van der Waals surface area contributed by atoms with E-state index in [4.69, 9.17) is 9.26 Å². The quantitative estimate of drug-likeness (QED) is 0.884. The number of nitrogens with zero attached hydrogens (tertiary/aromatic N) is 2. The third-order valence-corrected chi connectivity index (χ3v) is 4.98. The Morgan fingerprint density at radius 3 is 2.71 bits per heavy atom. The molecule has 2 amide bonds. The predicted molar refractivity (Wildman–Crippen MR) is 86.2 cm³/mol. The minimum atomic E-state index is -0.0191. The molecule has 24 heavy (non-hydrogen) atoms. The smallest absolute Gasteiger partial charge is 0.223 e. The molecular formula is C17H25N3O4. The van der Waals surface area contributed by atoms with Crippen molar-refractivity contribution in [2.45, 2.75) is 39.2 Å². The number of hydrogen-bond acceptors (Lipinski definition) is 5. The maximum atomic E-state index is 12.5. The molecule has 7 heteroatoms. The number of piperidine rings is 1. The molecule has 1 aromatic rings. The number of aromatic nitrogens is 1. The van der Waals surface area contributed by atoms with Gasteiger partial charge in [0, 0.05) is 44.3 Å². The maximum Gasteiger partial charge on any atom is 0.223 e. The zero-order valence-electron chi connectivity index (χ0n) is 14.3. The summed E-state index contributed by atoms with van der Waals surface area (Å²) in [6.45, 7) is 5.95. The van der Waals surface area contributed by atoms with Gasteiger partial charge in [0.15, 0.2) is 0 Å². The van der Waals surface area contributed by atoms with Crippen LogP contribution in [0.4, 0.5) is 0 Å². The lowest BCUT2D eigenvalue weighted by atomic mass is 9.93. The summed E-state index contributed by atoms with van der Waals surface area (Å²) in [5, 5.41) is 7.04. The molecule has 2 atom stereocenters. The van der Waals surface area contributed by atoms with Gasteiger partial charge in [0.05, 0.1) is 24.9 Å². The van der Waals surface area contributed by atoms with Crippen LogP contribution in [0.5, 0.6) is 0 Å². The first-order valence-corrected chi connectivity index (χ1v) is 8.58. The molecule has 132 valence electrons. The van der Waals surface area contributed by atoms with Gasteiger partial charge in [-0.15, -0.1) is 0 Å². The molecule has 1 aromatic heterocycles. The van der Waals surface area contributed by atoms with Gasteiger partial charge in [-0.05, 0) is 19.8 Å². The fourth-order valence-corrected chi connectivity index (χ4v) is 3.49. The van der Waals surface area contributed by atoms with Crippen molar-refractivity contribution < 1.29 is 18.8 Å². The summed E-state index contributed by atoms with van der Waals surface area (Å²) in [6.07, 6.45) is 2.17. The Hall–Kier alpha value is -1.89. The van der Waals surface area contributed by atoms with Crippen LogP contribution in [0.15, 0.2) is 10.6 Å². The highest BCUT2D eigenvalue weighted by Gasteiger charge is 2.33. The van der Waals surface area contributed by atoms with Crippen molar-refractivity contribution >= 4 is 11.8 Å². The summed E-state index contributed by atoms with van der Waals surface area (Å²) in [4.78, 5) is 25.7. The van der Waals surface area contributed by atoms with E-state index in [1.165, 1.54) is 0 Å². The lowest BCUT2D eigenvalue weighted by Gasteiger charge is -2.31. The lowest BCUT2D eigenvalue weighted by molar-refractivity contribution is -0.134. The minimum absolute atomic E-state index is 0.00810. The second kappa shape index (κ2) is 7.34. The van der Waals surface area contributed by atoms with Gasteiger partial charge in [0.1, 0.15) is 5.76 Å². The summed E-state index contributed by atoms with van der Waals surface area (Å²) in [7, 11) is 0. The third-order valence-electron chi connectivity index (χ3n) is 4.98. The van der Waals surface area contributed by atoms with E-state index in [1.807, 2.05) is 13.0 Å². The number of hydrogen-bond donors (Lipinski definition) is 1. The fourth-order valence-electron chi connectivity index (χ4n) is 3.49. The zero-order valence-corrected chi connectivity index (χ0v) is 14.3.